The molecule has 0 heterocycles. The largest absolute Gasteiger partial charge is 0.394 e. The zero-order chi connectivity index (χ0) is 14.3. The number of likely N-dealkylation sites (N-methyl/N-ethyl adjacent to an activating group) is 1. The van der Waals surface area contributed by atoms with Crippen LogP contribution in [0.4, 0.5) is 0 Å². The molecule has 1 unspecified atom stereocenters. The normalized spacial score (nSPS) is 18.5. The molecule has 1 atom stereocenters. The van der Waals surface area contributed by atoms with E-state index in [9.17, 15) is 5.11 Å². The zero-order valence-electron chi connectivity index (χ0n) is 12.5. The molecule has 0 amide bonds. The second-order valence-electron chi connectivity index (χ2n) is 5.80. The van der Waals surface area contributed by atoms with E-state index in [1.165, 1.54) is 25.7 Å². The average Bonchev–Trinajstić information content (AvgIpc) is 2.46. The van der Waals surface area contributed by atoms with Crippen LogP contribution in [0, 0.1) is 5.92 Å². The van der Waals surface area contributed by atoms with E-state index in [2.05, 4.69) is 17.4 Å². The molecule has 1 aliphatic rings. The molecule has 0 bridgehead atoms. The number of hydrogen-bond acceptors (Lipinski definition) is 3. The lowest BCUT2D eigenvalue weighted by Gasteiger charge is -2.32. The molecular weight excluding hydrogens is 250 g/mol. The van der Waals surface area contributed by atoms with E-state index < -0.39 is 5.54 Å². The van der Waals surface area contributed by atoms with Gasteiger partial charge in [0.25, 0.3) is 0 Å². The van der Waals surface area contributed by atoms with E-state index in [0.717, 1.165) is 24.5 Å². The van der Waals surface area contributed by atoms with Gasteiger partial charge in [0, 0.05) is 13.2 Å². The molecule has 0 aromatic heterocycles. The lowest BCUT2D eigenvalue weighted by atomic mass is 9.83. The van der Waals surface area contributed by atoms with Crippen LogP contribution in [-0.4, -0.2) is 32.0 Å². The van der Waals surface area contributed by atoms with Crippen molar-refractivity contribution in [3.63, 3.8) is 0 Å². The molecule has 2 N–H and O–H groups in total. The monoisotopic (exact) mass is 277 g/mol. The van der Waals surface area contributed by atoms with Crippen LogP contribution in [-0.2, 0) is 10.3 Å². The predicted octanol–water partition coefficient (Wildman–Crippen LogP) is 2.69. The lowest BCUT2D eigenvalue weighted by Crippen LogP contribution is -2.44. The SMILES string of the molecule is CNC(CO)(CCOCCC1CCC1)c1ccccc1. The van der Waals surface area contributed by atoms with Gasteiger partial charge in [0.15, 0.2) is 0 Å². The van der Waals surface area contributed by atoms with Crippen molar-refractivity contribution in [2.75, 3.05) is 26.9 Å². The van der Waals surface area contributed by atoms with Crippen molar-refractivity contribution in [3.05, 3.63) is 35.9 Å². The molecule has 1 aromatic carbocycles. The number of aliphatic hydroxyl groups excluding tert-OH is 1. The van der Waals surface area contributed by atoms with Crippen molar-refractivity contribution < 1.29 is 9.84 Å². The lowest BCUT2D eigenvalue weighted by molar-refractivity contribution is 0.0691. The second kappa shape index (κ2) is 7.77. The third-order valence-electron chi connectivity index (χ3n) is 4.64. The first-order valence-electron chi connectivity index (χ1n) is 7.74. The summed E-state index contributed by atoms with van der Waals surface area (Å²) < 4.78 is 5.77. The molecule has 3 heteroatoms. The smallest absolute Gasteiger partial charge is 0.0688 e. The Balaban J connectivity index is 1.79. The Morgan fingerprint density at radius 1 is 1.25 bits per heavy atom. The molecule has 1 aliphatic carbocycles. The summed E-state index contributed by atoms with van der Waals surface area (Å²) in [5.41, 5.74) is 0.727. The van der Waals surface area contributed by atoms with Crippen LogP contribution < -0.4 is 5.32 Å². The Labute approximate surface area is 122 Å². The first-order chi connectivity index (χ1) is 9.80. The second-order valence-corrected chi connectivity index (χ2v) is 5.80. The molecule has 2 rings (SSSR count). The number of benzene rings is 1. The number of rotatable bonds is 9. The van der Waals surface area contributed by atoms with Gasteiger partial charge < -0.3 is 15.2 Å². The van der Waals surface area contributed by atoms with Crippen molar-refractivity contribution >= 4 is 0 Å². The highest BCUT2D eigenvalue weighted by atomic mass is 16.5. The van der Waals surface area contributed by atoms with Crippen LogP contribution in [0.5, 0.6) is 0 Å². The summed E-state index contributed by atoms with van der Waals surface area (Å²) in [7, 11) is 1.90. The highest BCUT2D eigenvalue weighted by Crippen LogP contribution is 2.29. The first kappa shape index (κ1) is 15.5. The maximum absolute atomic E-state index is 9.80. The van der Waals surface area contributed by atoms with E-state index in [1.54, 1.807) is 0 Å². The van der Waals surface area contributed by atoms with Crippen LogP contribution >= 0.6 is 0 Å². The van der Waals surface area contributed by atoms with Crippen LogP contribution in [0.3, 0.4) is 0 Å². The van der Waals surface area contributed by atoms with Gasteiger partial charge in [-0.2, -0.15) is 0 Å². The third-order valence-corrected chi connectivity index (χ3v) is 4.64. The Kier molecular flexibility index (Phi) is 6.02. The summed E-state index contributed by atoms with van der Waals surface area (Å²) in [5, 5.41) is 13.1. The van der Waals surface area contributed by atoms with Gasteiger partial charge in [-0.3, -0.25) is 0 Å². The van der Waals surface area contributed by atoms with Gasteiger partial charge >= 0.3 is 0 Å². The zero-order valence-corrected chi connectivity index (χ0v) is 12.5. The Morgan fingerprint density at radius 3 is 2.55 bits per heavy atom. The topological polar surface area (TPSA) is 41.5 Å². The van der Waals surface area contributed by atoms with Gasteiger partial charge in [-0.1, -0.05) is 49.6 Å². The van der Waals surface area contributed by atoms with Crippen molar-refractivity contribution in [3.8, 4) is 0 Å². The van der Waals surface area contributed by atoms with E-state index in [0.29, 0.717) is 6.61 Å². The Morgan fingerprint density at radius 2 is 2.00 bits per heavy atom. The van der Waals surface area contributed by atoms with Crippen molar-refractivity contribution in [1.82, 2.24) is 5.32 Å². The molecule has 0 aliphatic heterocycles. The fourth-order valence-corrected chi connectivity index (χ4v) is 2.80. The fraction of sp³-hybridized carbons (Fsp3) is 0.647. The first-order valence-corrected chi connectivity index (χ1v) is 7.74. The molecule has 112 valence electrons. The van der Waals surface area contributed by atoms with E-state index in [4.69, 9.17) is 4.74 Å². The number of ether oxygens (including phenoxy) is 1. The molecule has 1 fully saturated rings. The molecular formula is C17H27NO2. The fourth-order valence-electron chi connectivity index (χ4n) is 2.80. The van der Waals surface area contributed by atoms with Crippen LogP contribution in [0.2, 0.25) is 0 Å². The predicted molar refractivity (Wildman–Crippen MR) is 81.7 cm³/mol. The summed E-state index contributed by atoms with van der Waals surface area (Å²) in [4.78, 5) is 0. The van der Waals surface area contributed by atoms with Gasteiger partial charge in [-0.25, -0.2) is 0 Å². The number of aliphatic hydroxyl groups is 1. The van der Waals surface area contributed by atoms with Gasteiger partial charge in [-0.05, 0) is 31.4 Å². The molecule has 0 spiro atoms. The maximum atomic E-state index is 9.80. The number of nitrogens with one attached hydrogen (secondary N) is 1. The molecule has 1 aromatic rings. The van der Waals surface area contributed by atoms with E-state index in [-0.39, 0.29) is 6.61 Å². The number of hydrogen-bond donors (Lipinski definition) is 2. The summed E-state index contributed by atoms with van der Waals surface area (Å²) in [5.74, 6) is 0.899. The Hall–Kier alpha value is -0.900. The Bertz CT molecular complexity index is 372. The standard InChI is InChI=1S/C17H27NO2/c1-18-17(14-19,16-8-3-2-4-9-16)11-13-20-12-10-15-6-5-7-15/h2-4,8-9,15,18-19H,5-7,10-14H2,1H3. The van der Waals surface area contributed by atoms with Crippen molar-refractivity contribution in [2.24, 2.45) is 5.92 Å². The van der Waals surface area contributed by atoms with Gasteiger partial charge in [0.05, 0.1) is 12.1 Å². The highest BCUT2D eigenvalue weighted by molar-refractivity contribution is 5.24. The van der Waals surface area contributed by atoms with Gasteiger partial charge in [-0.15, -0.1) is 0 Å². The van der Waals surface area contributed by atoms with Crippen molar-refractivity contribution in [1.29, 1.82) is 0 Å². The minimum atomic E-state index is -0.391. The molecule has 3 nitrogen and oxygen atoms in total. The van der Waals surface area contributed by atoms with Gasteiger partial charge in [0.2, 0.25) is 0 Å². The van der Waals surface area contributed by atoms with E-state index in [1.807, 2.05) is 25.2 Å². The van der Waals surface area contributed by atoms with E-state index >= 15 is 0 Å². The quantitative estimate of drug-likeness (QED) is 0.682. The summed E-state index contributed by atoms with van der Waals surface area (Å²) in [6.45, 7) is 1.62. The minimum Gasteiger partial charge on any atom is -0.394 e. The summed E-state index contributed by atoms with van der Waals surface area (Å²) in [6.07, 6.45) is 6.13. The minimum absolute atomic E-state index is 0.0828. The highest BCUT2D eigenvalue weighted by Gasteiger charge is 2.29. The van der Waals surface area contributed by atoms with Crippen LogP contribution in [0.15, 0.2) is 30.3 Å². The average molecular weight is 277 g/mol. The van der Waals surface area contributed by atoms with Crippen LogP contribution in [0.25, 0.3) is 0 Å². The maximum Gasteiger partial charge on any atom is 0.0688 e. The summed E-state index contributed by atoms with van der Waals surface area (Å²) >= 11 is 0. The summed E-state index contributed by atoms with van der Waals surface area (Å²) in [6, 6.07) is 10.1. The van der Waals surface area contributed by atoms with Gasteiger partial charge in [0.1, 0.15) is 0 Å². The molecule has 0 radical (unpaired) electrons. The molecule has 1 saturated carbocycles. The third kappa shape index (κ3) is 3.81. The molecule has 20 heavy (non-hydrogen) atoms. The van der Waals surface area contributed by atoms with Crippen molar-refractivity contribution in [2.45, 2.75) is 37.6 Å². The molecule has 0 saturated heterocycles. The van der Waals surface area contributed by atoms with Crippen LogP contribution in [0.1, 0.15) is 37.7 Å².